The van der Waals surface area contributed by atoms with Crippen LogP contribution in [-0.2, 0) is 24.0 Å². The third-order valence-corrected chi connectivity index (χ3v) is 3.42. The predicted octanol–water partition coefficient (Wildman–Crippen LogP) is 3.81. The zero-order valence-electron chi connectivity index (χ0n) is 12.7. The lowest BCUT2D eigenvalue weighted by Crippen LogP contribution is -2.11. The number of aromatic hydroxyl groups is 1. The highest BCUT2D eigenvalue weighted by atomic mass is 16.5. The fourth-order valence-electron chi connectivity index (χ4n) is 2.38. The van der Waals surface area contributed by atoms with E-state index in [1.165, 1.54) is 0 Å². The molecule has 1 rings (SSSR count). The minimum absolute atomic E-state index is 0.0847. The van der Waals surface area contributed by atoms with Gasteiger partial charge in [-0.15, -0.1) is 6.58 Å². The largest absolute Gasteiger partial charge is 0.507 e. The van der Waals surface area contributed by atoms with Crippen LogP contribution in [0.15, 0.2) is 18.7 Å². The Bertz CT molecular complexity index is 489. The number of allylic oxidation sites excluding steroid dienone is 1. The van der Waals surface area contributed by atoms with E-state index >= 15 is 0 Å². The van der Waals surface area contributed by atoms with E-state index < -0.39 is 5.97 Å². The highest BCUT2D eigenvalue weighted by molar-refractivity contribution is 5.95. The van der Waals surface area contributed by atoms with Gasteiger partial charge in [0.05, 0.1) is 6.61 Å². The molecule has 0 aliphatic heterocycles. The highest BCUT2D eigenvalue weighted by Crippen LogP contribution is 2.32. The second kappa shape index (κ2) is 7.73. The number of esters is 1. The lowest BCUT2D eigenvalue weighted by molar-refractivity contribution is 0.0521. The monoisotopic (exact) mass is 276 g/mol. The Kier molecular flexibility index (Phi) is 6.29. The molecule has 0 unspecified atom stereocenters. The van der Waals surface area contributed by atoms with Crippen molar-refractivity contribution in [1.29, 1.82) is 0 Å². The van der Waals surface area contributed by atoms with Gasteiger partial charge < -0.3 is 9.84 Å². The first-order valence-corrected chi connectivity index (χ1v) is 7.25. The zero-order chi connectivity index (χ0) is 15.1. The van der Waals surface area contributed by atoms with Gasteiger partial charge in [0.1, 0.15) is 11.3 Å². The van der Waals surface area contributed by atoms with Crippen LogP contribution in [0.5, 0.6) is 5.75 Å². The van der Waals surface area contributed by atoms with Crippen LogP contribution in [0.2, 0.25) is 0 Å². The fraction of sp³-hybridized carbons (Fsp3) is 0.471. The van der Waals surface area contributed by atoms with Gasteiger partial charge in [-0.25, -0.2) is 4.79 Å². The third kappa shape index (κ3) is 3.41. The lowest BCUT2D eigenvalue weighted by atomic mass is 9.91. The molecule has 0 aliphatic carbocycles. The van der Waals surface area contributed by atoms with Crippen LogP contribution in [0.25, 0.3) is 0 Å². The Morgan fingerprint density at radius 3 is 2.45 bits per heavy atom. The molecule has 0 fully saturated rings. The quantitative estimate of drug-likeness (QED) is 0.608. The molecule has 110 valence electrons. The van der Waals surface area contributed by atoms with Gasteiger partial charge in [-0.05, 0) is 49.3 Å². The SMILES string of the molecule is C=CCCc1c(CC)cc(CC)c(C(=O)OCC)c1O. The van der Waals surface area contributed by atoms with Crippen LogP contribution < -0.4 is 0 Å². The summed E-state index contributed by atoms with van der Waals surface area (Å²) in [6, 6.07) is 2.02. The van der Waals surface area contributed by atoms with Crippen molar-refractivity contribution in [1.82, 2.24) is 0 Å². The van der Waals surface area contributed by atoms with Gasteiger partial charge in [0.15, 0.2) is 0 Å². The highest BCUT2D eigenvalue weighted by Gasteiger charge is 2.22. The topological polar surface area (TPSA) is 46.5 Å². The predicted molar refractivity (Wildman–Crippen MR) is 81.3 cm³/mol. The van der Waals surface area contributed by atoms with Gasteiger partial charge in [-0.2, -0.15) is 0 Å². The number of carbonyl (C=O) groups is 1. The molecule has 0 atom stereocenters. The molecule has 0 saturated heterocycles. The van der Waals surface area contributed by atoms with Gasteiger partial charge >= 0.3 is 5.97 Å². The smallest absolute Gasteiger partial charge is 0.342 e. The van der Waals surface area contributed by atoms with E-state index in [1.807, 2.05) is 19.1 Å². The molecule has 0 aromatic heterocycles. The molecule has 0 heterocycles. The van der Waals surface area contributed by atoms with Crippen LogP contribution in [0.1, 0.15) is 54.2 Å². The molecule has 0 saturated carbocycles. The maximum absolute atomic E-state index is 12.1. The van der Waals surface area contributed by atoms with Crippen LogP contribution in [-0.4, -0.2) is 17.7 Å². The summed E-state index contributed by atoms with van der Waals surface area (Å²) in [7, 11) is 0. The number of ether oxygens (including phenoxy) is 1. The Morgan fingerprint density at radius 1 is 1.30 bits per heavy atom. The van der Waals surface area contributed by atoms with E-state index in [1.54, 1.807) is 6.92 Å². The van der Waals surface area contributed by atoms with E-state index in [0.717, 1.165) is 29.5 Å². The number of phenols is 1. The molecule has 0 spiro atoms. The zero-order valence-corrected chi connectivity index (χ0v) is 12.7. The van der Waals surface area contributed by atoms with Crippen molar-refractivity contribution in [2.75, 3.05) is 6.61 Å². The molecular formula is C17H24O3. The third-order valence-electron chi connectivity index (χ3n) is 3.42. The van der Waals surface area contributed by atoms with Gasteiger partial charge in [0.2, 0.25) is 0 Å². The Balaban J connectivity index is 3.40. The summed E-state index contributed by atoms with van der Waals surface area (Å²) in [4.78, 5) is 12.1. The number of benzene rings is 1. The summed E-state index contributed by atoms with van der Waals surface area (Å²) in [5, 5.41) is 10.5. The summed E-state index contributed by atoms with van der Waals surface area (Å²) in [6.45, 7) is 9.80. The van der Waals surface area contributed by atoms with Gasteiger partial charge in [0.25, 0.3) is 0 Å². The molecule has 0 aliphatic rings. The van der Waals surface area contributed by atoms with E-state index in [4.69, 9.17) is 4.74 Å². The van der Waals surface area contributed by atoms with E-state index in [2.05, 4.69) is 13.5 Å². The van der Waals surface area contributed by atoms with Crippen LogP contribution in [0, 0.1) is 0 Å². The molecular weight excluding hydrogens is 252 g/mol. The van der Waals surface area contributed by atoms with Crippen LogP contribution >= 0.6 is 0 Å². The lowest BCUT2D eigenvalue weighted by Gasteiger charge is -2.17. The number of hydrogen-bond acceptors (Lipinski definition) is 3. The molecule has 0 radical (unpaired) electrons. The molecule has 3 nitrogen and oxygen atoms in total. The first-order valence-electron chi connectivity index (χ1n) is 7.25. The Labute approximate surface area is 121 Å². The molecule has 1 aromatic carbocycles. The molecule has 0 bridgehead atoms. The maximum atomic E-state index is 12.1. The standard InChI is InChI=1S/C17H24O3/c1-5-9-10-14-12(6-2)11-13(7-3)15(16(14)18)17(19)20-8-4/h5,11,18H,1,6-10H2,2-4H3. The fourth-order valence-corrected chi connectivity index (χ4v) is 2.38. The van der Waals surface area contributed by atoms with Gasteiger partial charge in [-0.3, -0.25) is 0 Å². The average Bonchev–Trinajstić information content (AvgIpc) is 2.45. The Hall–Kier alpha value is -1.77. The van der Waals surface area contributed by atoms with Crippen molar-refractivity contribution >= 4 is 5.97 Å². The number of hydrogen-bond donors (Lipinski definition) is 1. The molecule has 0 amide bonds. The van der Waals surface area contributed by atoms with Gasteiger partial charge in [-0.1, -0.05) is 26.0 Å². The molecule has 1 aromatic rings. The molecule has 1 N–H and O–H groups in total. The van der Waals surface area contributed by atoms with Crippen molar-refractivity contribution < 1.29 is 14.6 Å². The van der Waals surface area contributed by atoms with Crippen LogP contribution in [0.3, 0.4) is 0 Å². The van der Waals surface area contributed by atoms with Crippen molar-refractivity contribution in [3.05, 3.63) is 41.0 Å². The minimum atomic E-state index is -0.440. The van der Waals surface area contributed by atoms with Crippen molar-refractivity contribution in [2.45, 2.75) is 46.5 Å². The van der Waals surface area contributed by atoms with E-state index in [0.29, 0.717) is 25.0 Å². The number of rotatable bonds is 7. The van der Waals surface area contributed by atoms with Crippen LogP contribution in [0.4, 0.5) is 0 Å². The Morgan fingerprint density at radius 2 is 1.95 bits per heavy atom. The summed E-state index contributed by atoms with van der Waals surface area (Å²) >= 11 is 0. The normalized spacial score (nSPS) is 10.3. The molecule has 3 heteroatoms. The first kappa shape index (κ1) is 16.3. The maximum Gasteiger partial charge on any atom is 0.342 e. The average molecular weight is 276 g/mol. The van der Waals surface area contributed by atoms with E-state index in [-0.39, 0.29) is 5.75 Å². The number of aryl methyl sites for hydroxylation is 2. The minimum Gasteiger partial charge on any atom is -0.507 e. The number of phenolic OH excluding ortho intramolecular Hbond substituents is 1. The second-order valence-corrected chi connectivity index (χ2v) is 4.65. The summed E-state index contributed by atoms with van der Waals surface area (Å²) in [5.41, 5.74) is 3.10. The first-order chi connectivity index (χ1) is 9.60. The van der Waals surface area contributed by atoms with Crippen molar-refractivity contribution in [3.63, 3.8) is 0 Å². The summed E-state index contributed by atoms with van der Waals surface area (Å²) in [6.07, 6.45) is 4.80. The van der Waals surface area contributed by atoms with Crippen molar-refractivity contribution in [3.8, 4) is 5.75 Å². The number of carbonyl (C=O) groups excluding carboxylic acids is 1. The van der Waals surface area contributed by atoms with E-state index in [9.17, 15) is 9.90 Å². The second-order valence-electron chi connectivity index (χ2n) is 4.65. The van der Waals surface area contributed by atoms with Crippen molar-refractivity contribution in [2.24, 2.45) is 0 Å². The molecule has 20 heavy (non-hydrogen) atoms. The summed E-state index contributed by atoms with van der Waals surface area (Å²) in [5.74, 6) is -0.356. The summed E-state index contributed by atoms with van der Waals surface area (Å²) < 4.78 is 5.07. The van der Waals surface area contributed by atoms with Gasteiger partial charge in [0, 0.05) is 0 Å².